The van der Waals surface area contributed by atoms with E-state index >= 15 is 0 Å². The van der Waals surface area contributed by atoms with Crippen molar-refractivity contribution in [2.45, 2.75) is 26.7 Å². The molecule has 0 radical (unpaired) electrons. The number of hydrogen-bond donors (Lipinski definition) is 0. The summed E-state index contributed by atoms with van der Waals surface area (Å²) in [6.45, 7) is 4.65. The van der Waals surface area contributed by atoms with E-state index in [1.165, 1.54) is 5.56 Å². The summed E-state index contributed by atoms with van der Waals surface area (Å²) in [6, 6.07) is 18.0. The van der Waals surface area contributed by atoms with Crippen LogP contribution in [0.4, 0.5) is 0 Å². The van der Waals surface area contributed by atoms with Gasteiger partial charge in [-0.2, -0.15) is 0 Å². The fourth-order valence-electron chi connectivity index (χ4n) is 2.76. The van der Waals surface area contributed by atoms with E-state index in [-0.39, 0.29) is 5.97 Å². The molecular formula is C23H24N2O3. The molecule has 3 rings (SSSR count). The van der Waals surface area contributed by atoms with Crippen LogP contribution in [0.5, 0.6) is 5.88 Å². The van der Waals surface area contributed by atoms with Crippen LogP contribution in [0.3, 0.4) is 0 Å². The predicted octanol–water partition coefficient (Wildman–Crippen LogP) is 4.84. The number of pyridine rings is 2. The van der Waals surface area contributed by atoms with Crippen molar-refractivity contribution in [1.82, 2.24) is 9.97 Å². The molecule has 0 unspecified atom stereocenters. The highest BCUT2D eigenvalue weighted by molar-refractivity contribution is 5.71. The van der Waals surface area contributed by atoms with Crippen molar-refractivity contribution in [1.29, 1.82) is 0 Å². The number of benzene rings is 1. The second-order valence-electron chi connectivity index (χ2n) is 6.42. The SMILES string of the molecule is CCOC(=O)CCCOc1cc(-c2ccc(C)cc2)cc(-c2ccccn2)n1. The van der Waals surface area contributed by atoms with E-state index in [4.69, 9.17) is 9.47 Å². The second-order valence-corrected chi connectivity index (χ2v) is 6.42. The molecule has 28 heavy (non-hydrogen) atoms. The van der Waals surface area contributed by atoms with E-state index in [0.29, 0.717) is 31.9 Å². The lowest BCUT2D eigenvalue weighted by atomic mass is 10.0. The molecule has 0 aliphatic heterocycles. The van der Waals surface area contributed by atoms with E-state index in [9.17, 15) is 4.79 Å². The number of rotatable bonds is 8. The summed E-state index contributed by atoms with van der Waals surface area (Å²) >= 11 is 0. The van der Waals surface area contributed by atoms with E-state index in [2.05, 4.69) is 41.2 Å². The first-order valence-corrected chi connectivity index (χ1v) is 9.44. The topological polar surface area (TPSA) is 61.3 Å². The minimum absolute atomic E-state index is 0.207. The van der Waals surface area contributed by atoms with Crippen LogP contribution in [0.15, 0.2) is 60.8 Å². The van der Waals surface area contributed by atoms with Crippen LogP contribution in [0, 0.1) is 6.92 Å². The van der Waals surface area contributed by atoms with Crippen molar-refractivity contribution in [3.8, 4) is 28.4 Å². The predicted molar refractivity (Wildman–Crippen MR) is 109 cm³/mol. The largest absolute Gasteiger partial charge is 0.478 e. The minimum Gasteiger partial charge on any atom is -0.478 e. The highest BCUT2D eigenvalue weighted by atomic mass is 16.5. The molecule has 0 amide bonds. The van der Waals surface area contributed by atoms with Crippen LogP contribution in [0.25, 0.3) is 22.5 Å². The first-order valence-electron chi connectivity index (χ1n) is 9.44. The molecule has 0 spiro atoms. The summed E-state index contributed by atoms with van der Waals surface area (Å²) in [5.74, 6) is 0.309. The van der Waals surface area contributed by atoms with Gasteiger partial charge in [-0.3, -0.25) is 9.78 Å². The Morgan fingerprint density at radius 3 is 2.54 bits per heavy atom. The van der Waals surface area contributed by atoms with Gasteiger partial charge in [0.25, 0.3) is 0 Å². The van der Waals surface area contributed by atoms with Gasteiger partial charge in [-0.15, -0.1) is 0 Å². The molecular weight excluding hydrogens is 352 g/mol. The zero-order chi connectivity index (χ0) is 19.8. The molecule has 3 aromatic rings. The maximum atomic E-state index is 11.5. The first-order chi connectivity index (χ1) is 13.7. The number of aryl methyl sites for hydroxylation is 1. The third-order valence-corrected chi connectivity index (χ3v) is 4.19. The smallest absolute Gasteiger partial charge is 0.305 e. The summed E-state index contributed by atoms with van der Waals surface area (Å²) < 4.78 is 10.8. The molecule has 0 N–H and O–H groups in total. The number of ether oxygens (including phenoxy) is 2. The molecule has 2 heterocycles. The van der Waals surface area contributed by atoms with E-state index in [1.807, 2.05) is 30.3 Å². The van der Waals surface area contributed by atoms with Gasteiger partial charge in [-0.05, 0) is 49.6 Å². The zero-order valence-corrected chi connectivity index (χ0v) is 16.2. The van der Waals surface area contributed by atoms with Gasteiger partial charge in [-0.25, -0.2) is 4.98 Å². The van der Waals surface area contributed by atoms with Gasteiger partial charge in [-0.1, -0.05) is 35.9 Å². The van der Waals surface area contributed by atoms with Gasteiger partial charge in [0.1, 0.15) is 0 Å². The zero-order valence-electron chi connectivity index (χ0n) is 16.2. The molecule has 1 aromatic carbocycles. The molecule has 0 fully saturated rings. The van der Waals surface area contributed by atoms with Gasteiger partial charge in [0.2, 0.25) is 5.88 Å². The number of nitrogens with zero attached hydrogens (tertiary/aromatic N) is 2. The lowest BCUT2D eigenvalue weighted by Gasteiger charge is -2.11. The lowest BCUT2D eigenvalue weighted by Crippen LogP contribution is -2.07. The van der Waals surface area contributed by atoms with Crippen LogP contribution in [-0.2, 0) is 9.53 Å². The summed E-state index contributed by atoms with van der Waals surface area (Å²) in [6.07, 6.45) is 2.65. The molecule has 0 atom stereocenters. The van der Waals surface area contributed by atoms with Crippen LogP contribution >= 0.6 is 0 Å². The van der Waals surface area contributed by atoms with Crippen LogP contribution < -0.4 is 4.74 Å². The summed E-state index contributed by atoms with van der Waals surface area (Å²) in [5, 5.41) is 0. The Hall–Kier alpha value is -3.21. The molecule has 144 valence electrons. The third-order valence-electron chi connectivity index (χ3n) is 4.19. The molecule has 0 saturated carbocycles. The Bertz CT molecular complexity index is 909. The van der Waals surface area contributed by atoms with E-state index in [0.717, 1.165) is 22.5 Å². The third kappa shape index (κ3) is 5.39. The van der Waals surface area contributed by atoms with Gasteiger partial charge in [0.05, 0.1) is 24.6 Å². The number of aromatic nitrogens is 2. The highest BCUT2D eigenvalue weighted by Gasteiger charge is 2.09. The van der Waals surface area contributed by atoms with Gasteiger partial charge >= 0.3 is 5.97 Å². The Labute approximate surface area is 165 Å². The van der Waals surface area contributed by atoms with Gasteiger partial charge in [0, 0.05) is 18.7 Å². The number of carbonyl (C=O) groups is 1. The molecule has 5 nitrogen and oxygen atoms in total. The molecule has 0 aliphatic carbocycles. The van der Waals surface area contributed by atoms with Crippen molar-refractivity contribution in [3.05, 3.63) is 66.4 Å². The molecule has 0 aliphatic rings. The molecule has 0 saturated heterocycles. The van der Waals surface area contributed by atoms with E-state index in [1.54, 1.807) is 13.1 Å². The Morgan fingerprint density at radius 1 is 1.00 bits per heavy atom. The molecule has 0 bridgehead atoms. The lowest BCUT2D eigenvalue weighted by molar-refractivity contribution is -0.143. The van der Waals surface area contributed by atoms with Crippen molar-refractivity contribution >= 4 is 5.97 Å². The average Bonchev–Trinajstić information content (AvgIpc) is 2.72. The average molecular weight is 376 g/mol. The minimum atomic E-state index is -0.207. The van der Waals surface area contributed by atoms with Crippen molar-refractivity contribution in [3.63, 3.8) is 0 Å². The van der Waals surface area contributed by atoms with E-state index < -0.39 is 0 Å². The van der Waals surface area contributed by atoms with Gasteiger partial charge < -0.3 is 9.47 Å². The Balaban J connectivity index is 1.81. The number of carbonyl (C=O) groups excluding carboxylic acids is 1. The molecule has 2 aromatic heterocycles. The monoisotopic (exact) mass is 376 g/mol. The molecule has 5 heteroatoms. The quantitative estimate of drug-likeness (QED) is 0.416. The summed E-state index contributed by atoms with van der Waals surface area (Å²) in [7, 11) is 0. The summed E-state index contributed by atoms with van der Waals surface area (Å²) in [5.41, 5.74) is 4.84. The highest BCUT2D eigenvalue weighted by Crippen LogP contribution is 2.28. The Kier molecular flexibility index (Phi) is 6.73. The normalized spacial score (nSPS) is 10.5. The number of esters is 1. The van der Waals surface area contributed by atoms with Crippen LogP contribution in [-0.4, -0.2) is 29.2 Å². The van der Waals surface area contributed by atoms with Crippen molar-refractivity contribution in [2.24, 2.45) is 0 Å². The fourth-order valence-corrected chi connectivity index (χ4v) is 2.76. The maximum Gasteiger partial charge on any atom is 0.305 e. The summed E-state index contributed by atoms with van der Waals surface area (Å²) in [4.78, 5) is 20.5. The standard InChI is InChI=1S/C23H24N2O3/c1-3-27-23(26)8-6-14-28-22-16-19(18-11-9-17(2)10-12-18)15-21(25-22)20-7-4-5-13-24-20/h4-5,7,9-13,15-16H,3,6,8,14H2,1-2H3. The maximum absolute atomic E-state index is 11.5. The second kappa shape index (κ2) is 9.65. The fraction of sp³-hybridized carbons (Fsp3) is 0.261. The first kappa shape index (κ1) is 19.5. The van der Waals surface area contributed by atoms with Crippen LogP contribution in [0.2, 0.25) is 0 Å². The van der Waals surface area contributed by atoms with Crippen LogP contribution in [0.1, 0.15) is 25.3 Å². The van der Waals surface area contributed by atoms with Crippen molar-refractivity contribution in [2.75, 3.05) is 13.2 Å². The van der Waals surface area contributed by atoms with Crippen molar-refractivity contribution < 1.29 is 14.3 Å². The van der Waals surface area contributed by atoms with Gasteiger partial charge in [0.15, 0.2) is 0 Å². The Morgan fingerprint density at radius 2 is 1.82 bits per heavy atom. The number of hydrogen-bond acceptors (Lipinski definition) is 5.